The predicted octanol–water partition coefficient (Wildman–Crippen LogP) is 2.74. The third-order valence-electron chi connectivity index (χ3n) is 2.83. The van der Waals surface area contributed by atoms with E-state index in [-0.39, 0.29) is 0 Å². The van der Waals surface area contributed by atoms with Gasteiger partial charge >= 0.3 is 0 Å². The molecule has 0 aromatic carbocycles. The summed E-state index contributed by atoms with van der Waals surface area (Å²) < 4.78 is 0. The maximum atomic E-state index is 4.25. The summed E-state index contributed by atoms with van der Waals surface area (Å²) in [5.41, 5.74) is 4.30. The van der Waals surface area contributed by atoms with Crippen molar-refractivity contribution >= 4 is 11.3 Å². The maximum Gasteiger partial charge on any atom is 0.0797 e. The number of nitrogens with one attached hydrogen (secondary N) is 1. The lowest BCUT2D eigenvalue weighted by Crippen LogP contribution is -2.21. The molecule has 0 aliphatic heterocycles. The molecule has 1 N–H and O–H groups in total. The Morgan fingerprint density at radius 1 is 1.47 bits per heavy atom. The first-order valence-electron chi connectivity index (χ1n) is 5.79. The van der Waals surface area contributed by atoms with Gasteiger partial charge in [0.05, 0.1) is 11.2 Å². The highest BCUT2D eigenvalue weighted by atomic mass is 32.1. The van der Waals surface area contributed by atoms with Crippen LogP contribution in [0.25, 0.3) is 0 Å². The molecule has 0 aliphatic rings. The minimum absolute atomic E-state index is 0.344. The van der Waals surface area contributed by atoms with Crippen molar-refractivity contribution in [2.24, 2.45) is 0 Å². The van der Waals surface area contributed by atoms with Crippen LogP contribution < -0.4 is 5.32 Å². The zero-order valence-corrected chi connectivity index (χ0v) is 11.0. The van der Waals surface area contributed by atoms with Crippen LogP contribution in [0.2, 0.25) is 0 Å². The molecule has 0 spiro atoms. The summed E-state index contributed by atoms with van der Waals surface area (Å²) in [6.45, 7) is 5.20. The monoisotopic (exact) mass is 247 g/mol. The lowest BCUT2D eigenvalue weighted by Gasteiger charge is -2.13. The SMILES string of the molecule is Cc1ncsc1CCN[C@H](C)c1cccnc1. The zero-order valence-electron chi connectivity index (χ0n) is 10.2. The van der Waals surface area contributed by atoms with Gasteiger partial charge in [0.25, 0.3) is 0 Å². The van der Waals surface area contributed by atoms with Crippen molar-refractivity contribution in [3.8, 4) is 0 Å². The second-order valence-corrected chi connectivity index (χ2v) is 5.01. The number of thiazole rings is 1. The summed E-state index contributed by atoms with van der Waals surface area (Å²) >= 11 is 1.73. The van der Waals surface area contributed by atoms with Crippen molar-refractivity contribution in [3.05, 3.63) is 46.2 Å². The molecule has 2 rings (SSSR count). The van der Waals surface area contributed by atoms with Crippen LogP contribution in [0.1, 0.15) is 29.1 Å². The van der Waals surface area contributed by atoms with Crippen LogP contribution in [0, 0.1) is 6.92 Å². The molecule has 0 unspecified atom stereocenters. The van der Waals surface area contributed by atoms with Crippen LogP contribution in [0.4, 0.5) is 0 Å². The zero-order chi connectivity index (χ0) is 12.1. The van der Waals surface area contributed by atoms with Gasteiger partial charge in [0.15, 0.2) is 0 Å². The fourth-order valence-corrected chi connectivity index (χ4v) is 2.50. The van der Waals surface area contributed by atoms with E-state index in [9.17, 15) is 0 Å². The molecule has 17 heavy (non-hydrogen) atoms. The summed E-state index contributed by atoms with van der Waals surface area (Å²) in [5, 5.41) is 3.50. The van der Waals surface area contributed by atoms with Crippen molar-refractivity contribution in [1.82, 2.24) is 15.3 Å². The molecular formula is C13H17N3S. The molecule has 4 heteroatoms. The fraction of sp³-hybridized carbons (Fsp3) is 0.385. The summed E-state index contributed by atoms with van der Waals surface area (Å²) in [7, 11) is 0. The lowest BCUT2D eigenvalue weighted by atomic mass is 10.1. The van der Waals surface area contributed by atoms with Crippen molar-refractivity contribution in [1.29, 1.82) is 0 Å². The van der Waals surface area contributed by atoms with E-state index in [0.717, 1.165) is 18.7 Å². The molecule has 2 heterocycles. The van der Waals surface area contributed by atoms with Crippen LogP contribution in [0.3, 0.4) is 0 Å². The molecule has 0 bridgehead atoms. The number of aromatic nitrogens is 2. The highest BCUT2D eigenvalue weighted by molar-refractivity contribution is 7.09. The smallest absolute Gasteiger partial charge is 0.0797 e. The molecule has 0 saturated heterocycles. The highest BCUT2D eigenvalue weighted by Crippen LogP contribution is 2.13. The van der Waals surface area contributed by atoms with Crippen molar-refractivity contribution < 1.29 is 0 Å². The molecule has 3 nitrogen and oxygen atoms in total. The minimum Gasteiger partial charge on any atom is -0.310 e. The first-order valence-corrected chi connectivity index (χ1v) is 6.67. The van der Waals surface area contributed by atoms with Gasteiger partial charge in [0.2, 0.25) is 0 Å². The van der Waals surface area contributed by atoms with Crippen LogP contribution in [0.15, 0.2) is 30.0 Å². The van der Waals surface area contributed by atoms with E-state index in [1.54, 1.807) is 17.5 Å². The van der Waals surface area contributed by atoms with E-state index >= 15 is 0 Å². The predicted molar refractivity (Wildman–Crippen MR) is 71.2 cm³/mol. The normalized spacial score (nSPS) is 12.6. The Labute approximate surface area is 106 Å². The van der Waals surface area contributed by atoms with Crippen molar-refractivity contribution in [2.75, 3.05) is 6.54 Å². The molecule has 0 saturated carbocycles. The highest BCUT2D eigenvalue weighted by Gasteiger charge is 2.05. The molecule has 1 atom stereocenters. The van der Waals surface area contributed by atoms with Gasteiger partial charge in [-0.2, -0.15) is 0 Å². The Morgan fingerprint density at radius 2 is 2.35 bits per heavy atom. The Bertz CT molecular complexity index is 453. The number of pyridine rings is 1. The van der Waals surface area contributed by atoms with Gasteiger partial charge in [-0.1, -0.05) is 6.07 Å². The molecular weight excluding hydrogens is 230 g/mol. The number of aryl methyl sites for hydroxylation is 1. The fourth-order valence-electron chi connectivity index (χ4n) is 1.72. The number of rotatable bonds is 5. The standard InChI is InChI=1S/C13H17N3S/c1-10(12-4-3-6-14-8-12)15-7-5-13-11(2)16-9-17-13/h3-4,6,8-10,15H,5,7H2,1-2H3/t10-/m1/s1. The van der Waals surface area contributed by atoms with Crippen LogP contribution in [-0.4, -0.2) is 16.5 Å². The average molecular weight is 247 g/mol. The quantitative estimate of drug-likeness (QED) is 0.883. The first-order chi connectivity index (χ1) is 8.27. The van der Waals surface area contributed by atoms with Crippen LogP contribution in [-0.2, 0) is 6.42 Å². The number of hydrogen-bond acceptors (Lipinski definition) is 4. The van der Waals surface area contributed by atoms with Gasteiger partial charge in [0, 0.05) is 29.9 Å². The topological polar surface area (TPSA) is 37.8 Å². The van der Waals surface area contributed by atoms with Gasteiger partial charge in [-0.25, -0.2) is 4.98 Å². The molecule has 0 aliphatic carbocycles. The third kappa shape index (κ3) is 3.35. The molecule has 2 aromatic heterocycles. The molecule has 90 valence electrons. The van der Waals surface area contributed by atoms with Gasteiger partial charge in [-0.3, -0.25) is 4.98 Å². The number of hydrogen-bond donors (Lipinski definition) is 1. The summed E-state index contributed by atoms with van der Waals surface area (Å²) in [4.78, 5) is 9.75. The largest absolute Gasteiger partial charge is 0.310 e. The molecule has 0 fully saturated rings. The second kappa shape index (κ2) is 5.89. The Morgan fingerprint density at radius 3 is 3.00 bits per heavy atom. The Kier molecular flexibility index (Phi) is 4.23. The maximum absolute atomic E-state index is 4.25. The average Bonchev–Trinajstić information content (AvgIpc) is 2.76. The second-order valence-electron chi connectivity index (χ2n) is 4.07. The van der Waals surface area contributed by atoms with E-state index in [0.29, 0.717) is 6.04 Å². The van der Waals surface area contributed by atoms with E-state index in [4.69, 9.17) is 0 Å². The summed E-state index contributed by atoms with van der Waals surface area (Å²) in [6.07, 6.45) is 4.76. The third-order valence-corrected chi connectivity index (χ3v) is 3.83. The van der Waals surface area contributed by atoms with Crippen molar-refractivity contribution in [2.45, 2.75) is 26.3 Å². The Hall–Kier alpha value is -1.26. The van der Waals surface area contributed by atoms with Gasteiger partial charge in [-0.15, -0.1) is 11.3 Å². The molecule has 0 radical (unpaired) electrons. The van der Waals surface area contributed by atoms with Crippen molar-refractivity contribution in [3.63, 3.8) is 0 Å². The van der Waals surface area contributed by atoms with E-state index < -0.39 is 0 Å². The van der Waals surface area contributed by atoms with Gasteiger partial charge < -0.3 is 5.32 Å². The number of nitrogens with zero attached hydrogens (tertiary/aromatic N) is 2. The lowest BCUT2D eigenvalue weighted by molar-refractivity contribution is 0.576. The molecule has 0 amide bonds. The summed E-state index contributed by atoms with van der Waals surface area (Å²) in [6, 6.07) is 4.42. The van der Waals surface area contributed by atoms with Gasteiger partial charge in [0.1, 0.15) is 0 Å². The molecule has 2 aromatic rings. The van der Waals surface area contributed by atoms with E-state index in [1.165, 1.54) is 10.4 Å². The van der Waals surface area contributed by atoms with Crippen LogP contribution >= 0.6 is 11.3 Å². The summed E-state index contributed by atoms with van der Waals surface area (Å²) in [5.74, 6) is 0. The minimum atomic E-state index is 0.344. The van der Waals surface area contributed by atoms with E-state index in [1.807, 2.05) is 17.8 Å². The van der Waals surface area contributed by atoms with E-state index in [2.05, 4.69) is 35.2 Å². The van der Waals surface area contributed by atoms with Gasteiger partial charge in [-0.05, 0) is 31.9 Å². The first kappa shape index (κ1) is 12.2. The Balaban J connectivity index is 1.81. The van der Waals surface area contributed by atoms with Crippen LogP contribution in [0.5, 0.6) is 0 Å².